The standard InChI is InChI=1S/C14H11N5O4S/c1-23-14(20)18-13-16-11-6-10(7-15-12(11)17-13)24-9-4-2-3-8(5-9)19(21)22/h2-7H,1H3,(H2,15,16,17,18,20). The van der Waals surface area contributed by atoms with E-state index in [1.54, 1.807) is 24.4 Å². The third kappa shape index (κ3) is 3.43. The van der Waals surface area contributed by atoms with E-state index in [1.807, 2.05) is 0 Å². The number of nitrogens with one attached hydrogen (secondary N) is 2. The number of hydrogen-bond donors (Lipinski definition) is 2. The van der Waals surface area contributed by atoms with Crippen molar-refractivity contribution in [3.05, 3.63) is 46.6 Å². The van der Waals surface area contributed by atoms with Crippen molar-refractivity contribution in [2.45, 2.75) is 9.79 Å². The highest BCUT2D eigenvalue weighted by atomic mass is 32.2. The first-order valence-electron chi connectivity index (χ1n) is 6.68. The number of imidazole rings is 1. The summed E-state index contributed by atoms with van der Waals surface area (Å²) in [5, 5.41) is 13.2. The van der Waals surface area contributed by atoms with Crippen LogP contribution in [-0.2, 0) is 4.74 Å². The zero-order valence-electron chi connectivity index (χ0n) is 12.3. The summed E-state index contributed by atoms with van der Waals surface area (Å²) in [6.45, 7) is 0. The number of benzene rings is 1. The molecular weight excluding hydrogens is 334 g/mol. The van der Waals surface area contributed by atoms with Crippen LogP contribution >= 0.6 is 11.8 Å². The maximum atomic E-state index is 11.2. The van der Waals surface area contributed by atoms with Crippen molar-refractivity contribution in [1.82, 2.24) is 15.0 Å². The molecule has 1 amide bonds. The first kappa shape index (κ1) is 15.7. The molecule has 3 rings (SSSR count). The van der Waals surface area contributed by atoms with Crippen molar-refractivity contribution in [2.75, 3.05) is 12.4 Å². The van der Waals surface area contributed by atoms with Crippen molar-refractivity contribution in [2.24, 2.45) is 0 Å². The number of nitrogens with zero attached hydrogens (tertiary/aromatic N) is 3. The van der Waals surface area contributed by atoms with E-state index < -0.39 is 11.0 Å². The Morgan fingerprint density at radius 2 is 2.21 bits per heavy atom. The van der Waals surface area contributed by atoms with Gasteiger partial charge in [-0.2, -0.15) is 0 Å². The van der Waals surface area contributed by atoms with E-state index in [0.29, 0.717) is 16.1 Å². The Labute approximate surface area is 139 Å². The monoisotopic (exact) mass is 345 g/mol. The van der Waals surface area contributed by atoms with Crippen LogP contribution in [0.15, 0.2) is 46.3 Å². The maximum absolute atomic E-state index is 11.2. The molecule has 0 bridgehead atoms. The van der Waals surface area contributed by atoms with Gasteiger partial charge < -0.3 is 9.72 Å². The number of rotatable bonds is 4. The molecular formula is C14H11N5O4S. The number of aromatic amines is 1. The number of fused-ring (bicyclic) bond motifs is 1. The van der Waals surface area contributed by atoms with Crippen molar-refractivity contribution >= 4 is 40.7 Å². The van der Waals surface area contributed by atoms with E-state index in [9.17, 15) is 14.9 Å². The van der Waals surface area contributed by atoms with E-state index in [2.05, 4.69) is 25.0 Å². The number of aromatic nitrogens is 3. The molecule has 1 aromatic carbocycles. The molecule has 2 N–H and O–H groups in total. The second kappa shape index (κ2) is 6.54. The van der Waals surface area contributed by atoms with Gasteiger partial charge in [-0.05, 0) is 12.1 Å². The average molecular weight is 345 g/mol. The number of non-ortho nitro benzene ring substituents is 1. The van der Waals surface area contributed by atoms with E-state index >= 15 is 0 Å². The second-order valence-electron chi connectivity index (χ2n) is 4.60. The summed E-state index contributed by atoms with van der Waals surface area (Å²) >= 11 is 1.33. The fraction of sp³-hybridized carbons (Fsp3) is 0.0714. The van der Waals surface area contributed by atoms with Gasteiger partial charge >= 0.3 is 6.09 Å². The molecule has 122 valence electrons. The van der Waals surface area contributed by atoms with E-state index in [0.717, 1.165) is 4.90 Å². The predicted octanol–water partition coefficient (Wildman–Crippen LogP) is 3.20. The molecule has 2 aromatic heterocycles. The molecule has 0 radical (unpaired) electrons. The van der Waals surface area contributed by atoms with E-state index in [4.69, 9.17) is 0 Å². The Bertz CT molecular complexity index is 926. The number of carbonyl (C=O) groups is 1. The fourth-order valence-corrected chi connectivity index (χ4v) is 2.81. The third-order valence-corrected chi connectivity index (χ3v) is 3.93. The number of anilines is 1. The van der Waals surface area contributed by atoms with Gasteiger partial charge in [0, 0.05) is 28.1 Å². The summed E-state index contributed by atoms with van der Waals surface area (Å²) in [6.07, 6.45) is 0.978. The molecule has 3 aromatic rings. The maximum Gasteiger partial charge on any atom is 0.413 e. The van der Waals surface area contributed by atoms with Gasteiger partial charge in [-0.1, -0.05) is 17.8 Å². The highest BCUT2D eigenvalue weighted by molar-refractivity contribution is 7.99. The lowest BCUT2D eigenvalue weighted by atomic mass is 10.3. The van der Waals surface area contributed by atoms with E-state index in [-0.39, 0.29) is 11.6 Å². The van der Waals surface area contributed by atoms with Crippen molar-refractivity contribution < 1.29 is 14.5 Å². The Morgan fingerprint density at radius 1 is 1.38 bits per heavy atom. The quantitative estimate of drug-likeness (QED) is 0.549. The first-order chi connectivity index (χ1) is 11.5. The molecule has 0 aliphatic rings. The topological polar surface area (TPSA) is 123 Å². The van der Waals surface area contributed by atoms with E-state index in [1.165, 1.54) is 31.0 Å². The van der Waals surface area contributed by atoms with Crippen LogP contribution in [0.1, 0.15) is 0 Å². The van der Waals surface area contributed by atoms with Crippen LogP contribution < -0.4 is 5.32 Å². The highest BCUT2D eigenvalue weighted by Gasteiger charge is 2.10. The summed E-state index contributed by atoms with van der Waals surface area (Å²) in [5.74, 6) is 0.224. The van der Waals surface area contributed by atoms with Crippen LogP contribution in [0.3, 0.4) is 0 Å². The zero-order chi connectivity index (χ0) is 17.1. The summed E-state index contributed by atoms with van der Waals surface area (Å²) in [5.41, 5.74) is 1.08. The minimum atomic E-state index is -0.639. The normalized spacial score (nSPS) is 10.5. The van der Waals surface area contributed by atoms with Gasteiger partial charge in [0.2, 0.25) is 5.95 Å². The summed E-state index contributed by atoms with van der Waals surface area (Å²) in [4.78, 5) is 34.3. The number of methoxy groups -OCH3 is 1. The lowest BCUT2D eigenvalue weighted by molar-refractivity contribution is -0.385. The molecule has 0 saturated carbocycles. The zero-order valence-corrected chi connectivity index (χ0v) is 13.2. The molecule has 0 aliphatic heterocycles. The average Bonchev–Trinajstić information content (AvgIpc) is 2.96. The smallest absolute Gasteiger partial charge is 0.413 e. The molecule has 0 atom stereocenters. The Hall–Kier alpha value is -3.14. The minimum Gasteiger partial charge on any atom is -0.453 e. The van der Waals surface area contributed by atoms with Crippen LogP contribution in [0.2, 0.25) is 0 Å². The molecule has 0 spiro atoms. The lowest BCUT2D eigenvalue weighted by Crippen LogP contribution is -2.11. The van der Waals surface area contributed by atoms with Crippen LogP contribution in [0, 0.1) is 10.1 Å². The largest absolute Gasteiger partial charge is 0.453 e. The van der Waals surface area contributed by atoms with Crippen LogP contribution in [0.5, 0.6) is 0 Å². The number of pyridine rings is 1. The molecule has 0 saturated heterocycles. The molecule has 24 heavy (non-hydrogen) atoms. The van der Waals surface area contributed by atoms with Gasteiger partial charge in [0.1, 0.15) is 5.52 Å². The van der Waals surface area contributed by atoms with Gasteiger partial charge in [-0.25, -0.2) is 14.8 Å². The van der Waals surface area contributed by atoms with Gasteiger partial charge in [0.15, 0.2) is 5.65 Å². The Kier molecular flexibility index (Phi) is 4.29. The van der Waals surface area contributed by atoms with Gasteiger partial charge in [-0.15, -0.1) is 0 Å². The summed E-state index contributed by atoms with van der Waals surface area (Å²) in [6, 6.07) is 8.09. The number of nitro benzene ring substituents is 1. The van der Waals surface area contributed by atoms with Gasteiger partial charge in [0.05, 0.1) is 12.0 Å². The molecule has 0 unspecified atom stereocenters. The van der Waals surface area contributed by atoms with Crippen molar-refractivity contribution in [1.29, 1.82) is 0 Å². The number of H-pyrrole nitrogens is 1. The Morgan fingerprint density at radius 3 is 2.96 bits per heavy atom. The SMILES string of the molecule is COC(=O)Nc1nc2cc(Sc3cccc([N+](=O)[O-])c3)cnc2[nH]1. The lowest BCUT2D eigenvalue weighted by Gasteiger charge is -2.01. The third-order valence-electron chi connectivity index (χ3n) is 2.98. The first-order valence-corrected chi connectivity index (χ1v) is 7.50. The molecule has 9 nitrogen and oxygen atoms in total. The number of nitro groups is 1. The molecule has 2 heterocycles. The number of ether oxygens (including phenoxy) is 1. The van der Waals surface area contributed by atoms with Crippen molar-refractivity contribution in [3.63, 3.8) is 0 Å². The van der Waals surface area contributed by atoms with Crippen molar-refractivity contribution in [3.8, 4) is 0 Å². The molecule has 0 fully saturated rings. The predicted molar refractivity (Wildman–Crippen MR) is 87.1 cm³/mol. The van der Waals surface area contributed by atoms with Crippen LogP contribution in [0.4, 0.5) is 16.4 Å². The van der Waals surface area contributed by atoms with Crippen LogP contribution in [-0.4, -0.2) is 33.1 Å². The summed E-state index contributed by atoms with van der Waals surface area (Å²) in [7, 11) is 1.25. The van der Waals surface area contributed by atoms with Gasteiger partial charge in [-0.3, -0.25) is 15.4 Å². The highest BCUT2D eigenvalue weighted by Crippen LogP contribution is 2.30. The number of hydrogen-bond acceptors (Lipinski definition) is 7. The second-order valence-corrected chi connectivity index (χ2v) is 5.74. The minimum absolute atomic E-state index is 0.0263. The van der Waals surface area contributed by atoms with Crippen LogP contribution in [0.25, 0.3) is 11.2 Å². The van der Waals surface area contributed by atoms with Gasteiger partial charge in [0.25, 0.3) is 5.69 Å². The molecule has 10 heteroatoms. The summed E-state index contributed by atoms with van der Waals surface area (Å²) < 4.78 is 4.49. The number of amides is 1. The fourth-order valence-electron chi connectivity index (χ4n) is 1.94. The Balaban J connectivity index is 1.84. The molecule has 0 aliphatic carbocycles. The number of carbonyl (C=O) groups excluding carboxylic acids is 1.